The highest BCUT2D eigenvalue weighted by Crippen LogP contribution is 2.16. The normalized spacial score (nSPS) is 11.7. The monoisotopic (exact) mass is 209 g/mol. The Bertz CT molecular complexity index is 470. The predicted octanol–water partition coefficient (Wildman–Crippen LogP) is 0.317. The highest BCUT2D eigenvalue weighted by atomic mass is 16.5. The Hall–Kier alpha value is -1.56. The van der Waals surface area contributed by atoms with Crippen molar-refractivity contribution in [3.63, 3.8) is 0 Å². The standard InChI is InChI=1S/C9H15N5O/c1-6-8(10)14-7(4-5-13(2)3)12-15-9(14)11-6/h4-5,10H2,1-3H3. The third-order valence-electron chi connectivity index (χ3n) is 2.34. The van der Waals surface area contributed by atoms with Crippen molar-refractivity contribution in [2.75, 3.05) is 26.4 Å². The second-order valence-electron chi connectivity index (χ2n) is 3.85. The fourth-order valence-corrected chi connectivity index (χ4v) is 1.44. The molecule has 0 atom stereocenters. The van der Waals surface area contributed by atoms with Crippen molar-refractivity contribution in [3.05, 3.63) is 11.5 Å². The van der Waals surface area contributed by atoms with E-state index in [1.807, 2.05) is 21.0 Å². The molecule has 2 heterocycles. The molecule has 2 N–H and O–H groups in total. The zero-order valence-corrected chi connectivity index (χ0v) is 9.19. The number of anilines is 1. The molecule has 15 heavy (non-hydrogen) atoms. The van der Waals surface area contributed by atoms with Gasteiger partial charge in [0.2, 0.25) is 0 Å². The second-order valence-corrected chi connectivity index (χ2v) is 3.85. The summed E-state index contributed by atoms with van der Waals surface area (Å²) >= 11 is 0. The van der Waals surface area contributed by atoms with E-state index >= 15 is 0 Å². The molecule has 0 spiro atoms. The van der Waals surface area contributed by atoms with Crippen molar-refractivity contribution in [1.29, 1.82) is 0 Å². The van der Waals surface area contributed by atoms with Crippen LogP contribution in [0.3, 0.4) is 0 Å². The van der Waals surface area contributed by atoms with E-state index in [1.54, 1.807) is 4.40 Å². The maximum Gasteiger partial charge on any atom is 0.333 e. The summed E-state index contributed by atoms with van der Waals surface area (Å²) in [6.45, 7) is 2.76. The van der Waals surface area contributed by atoms with Gasteiger partial charge in [0.25, 0.3) is 0 Å². The molecule has 0 amide bonds. The van der Waals surface area contributed by atoms with Gasteiger partial charge in [-0.15, -0.1) is 0 Å². The SMILES string of the molecule is Cc1nc2onc(CCN(C)C)n2c1N. The summed E-state index contributed by atoms with van der Waals surface area (Å²) < 4.78 is 6.85. The van der Waals surface area contributed by atoms with Crippen molar-refractivity contribution >= 4 is 11.7 Å². The van der Waals surface area contributed by atoms with Crippen LogP contribution in [0.2, 0.25) is 0 Å². The predicted molar refractivity (Wildman–Crippen MR) is 56.7 cm³/mol. The van der Waals surface area contributed by atoms with E-state index in [2.05, 4.69) is 15.0 Å². The molecule has 0 fully saturated rings. The molecule has 0 saturated heterocycles. The molecule has 82 valence electrons. The van der Waals surface area contributed by atoms with E-state index in [0.717, 1.165) is 24.5 Å². The number of rotatable bonds is 3. The lowest BCUT2D eigenvalue weighted by molar-refractivity contribution is 0.396. The van der Waals surface area contributed by atoms with Crippen LogP contribution in [0.5, 0.6) is 0 Å². The van der Waals surface area contributed by atoms with Crippen molar-refractivity contribution in [2.45, 2.75) is 13.3 Å². The van der Waals surface area contributed by atoms with E-state index in [0.29, 0.717) is 11.7 Å². The number of imidazole rings is 1. The first kappa shape index (κ1) is 9.97. The van der Waals surface area contributed by atoms with Gasteiger partial charge in [0.05, 0.1) is 5.69 Å². The van der Waals surface area contributed by atoms with E-state index in [-0.39, 0.29) is 0 Å². The summed E-state index contributed by atoms with van der Waals surface area (Å²) in [5.74, 6) is 1.90. The van der Waals surface area contributed by atoms with Crippen molar-refractivity contribution in [2.24, 2.45) is 0 Å². The van der Waals surface area contributed by atoms with Gasteiger partial charge in [0, 0.05) is 13.0 Å². The van der Waals surface area contributed by atoms with Gasteiger partial charge in [0.1, 0.15) is 5.82 Å². The van der Waals surface area contributed by atoms with Gasteiger partial charge >= 0.3 is 5.84 Å². The Morgan fingerprint density at radius 3 is 2.87 bits per heavy atom. The van der Waals surface area contributed by atoms with Gasteiger partial charge in [-0.25, -0.2) is 4.40 Å². The van der Waals surface area contributed by atoms with Gasteiger partial charge in [-0.05, 0) is 21.0 Å². The number of aryl methyl sites for hydroxylation is 1. The Balaban J connectivity index is 2.35. The van der Waals surface area contributed by atoms with Crippen LogP contribution >= 0.6 is 0 Å². The van der Waals surface area contributed by atoms with Crippen LogP contribution in [0.15, 0.2) is 4.52 Å². The molecular weight excluding hydrogens is 194 g/mol. The number of fused-ring (bicyclic) bond motifs is 1. The largest absolute Gasteiger partial charge is 0.383 e. The molecule has 0 aromatic carbocycles. The first-order chi connectivity index (χ1) is 7.09. The minimum Gasteiger partial charge on any atom is -0.383 e. The van der Waals surface area contributed by atoms with Crippen molar-refractivity contribution < 1.29 is 4.52 Å². The Morgan fingerprint density at radius 2 is 2.20 bits per heavy atom. The third-order valence-corrected chi connectivity index (χ3v) is 2.34. The molecule has 0 unspecified atom stereocenters. The summed E-state index contributed by atoms with van der Waals surface area (Å²) in [7, 11) is 4.03. The van der Waals surface area contributed by atoms with Gasteiger partial charge in [-0.2, -0.15) is 4.98 Å². The molecule has 2 aromatic heterocycles. The summed E-state index contributed by atoms with van der Waals surface area (Å²) in [4.78, 5) is 6.24. The molecule has 2 aromatic rings. The number of hydrogen-bond donors (Lipinski definition) is 1. The lowest BCUT2D eigenvalue weighted by Crippen LogP contribution is -2.16. The second kappa shape index (κ2) is 3.54. The number of nitrogens with two attached hydrogens (primary N) is 1. The third kappa shape index (κ3) is 1.68. The number of likely N-dealkylation sites (N-methyl/N-ethyl adjacent to an activating group) is 1. The van der Waals surface area contributed by atoms with E-state index in [4.69, 9.17) is 10.3 Å². The maximum atomic E-state index is 5.88. The maximum absolute atomic E-state index is 5.88. The van der Waals surface area contributed by atoms with Crippen molar-refractivity contribution in [3.8, 4) is 0 Å². The molecule has 0 saturated carbocycles. The molecule has 0 aliphatic heterocycles. The average molecular weight is 209 g/mol. The van der Waals surface area contributed by atoms with E-state index in [1.165, 1.54) is 0 Å². The Labute approximate surface area is 87.7 Å². The van der Waals surface area contributed by atoms with E-state index in [9.17, 15) is 0 Å². The van der Waals surface area contributed by atoms with Crippen LogP contribution in [0.25, 0.3) is 5.84 Å². The first-order valence-electron chi connectivity index (χ1n) is 4.83. The highest BCUT2D eigenvalue weighted by molar-refractivity contribution is 5.46. The Morgan fingerprint density at radius 1 is 1.47 bits per heavy atom. The molecule has 0 radical (unpaired) electrons. The molecule has 0 aliphatic rings. The number of nitrogen functional groups attached to an aromatic ring is 1. The molecule has 0 aliphatic carbocycles. The van der Waals surface area contributed by atoms with Crippen LogP contribution < -0.4 is 5.73 Å². The lowest BCUT2D eigenvalue weighted by atomic mass is 10.4. The fourth-order valence-electron chi connectivity index (χ4n) is 1.44. The molecule has 6 heteroatoms. The summed E-state index contributed by atoms with van der Waals surface area (Å²) in [6, 6.07) is 0. The van der Waals surface area contributed by atoms with Gasteiger partial charge in [-0.1, -0.05) is 5.16 Å². The molecular formula is C9H15N5O. The van der Waals surface area contributed by atoms with Crippen LogP contribution in [-0.4, -0.2) is 40.1 Å². The van der Waals surface area contributed by atoms with Crippen LogP contribution in [0, 0.1) is 6.92 Å². The quantitative estimate of drug-likeness (QED) is 0.788. The summed E-state index contributed by atoms with van der Waals surface area (Å²) in [5.41, 5.74) is 6.66. The van der Waals surface area contributed by atoms with Gasteiger partial charge < -0.3 is 15.2 Å². The lowest BCUT2D eigenvalue weighted by Gasteiger charge is -2.06. The topological polar surface area (TPSA) is 72.6 Å². The fraction of sp³-hybridized carbons (Fsp3) is 0.556. The smallest absolute Gasteiger partial charge is 0.333 e. The average Bonchev–Trinajstić information content (AvgIpc) is 2.67. The number of aromatic nitrogens is 3. The summed E-state index contributed by atoms with van der Waals surface area (Å²) in [5, 5.41) is 3.95. The van der Waals surface area contributed by atoms with Gasteiger partial charge in [0.15, 0.2) is 5.82 Å². The zero-order chi connectivity index (χ0) is 11.0. The number of nitrogens with zero attached hydrogens (tertiary/aromatic N) is 4. The van der Waals surface area contributed by atoms with Crippen LogP contribution in [0.4, 0.5) is 5.82 Å². The number of hydrogen-bond acceptors (Lipinski definition) is 5. The van der Waals surface area contributed by atoms with Crippen LogP contribution in [-0.2, 0) is 6.42 Å². The van der Waals surface area contributed by atoms with E-state index < -0.39 is 0 Å². The zero-order valence-electron chi connectivity index (χ0n) is 9.19. The molecule has 0 bridgehead atoms. The minimum atomic E-state index is 0.471. The highest BCUT2D eigenvalue weighted by Gasteiger charge is 2.14. The first-order valence-corrected chi connectivity index (χ1v) is 4.83. The minimum absolute atomic E-state index is 0.471. The summed E-state index contributed by atoms with van der Waals surface area (Å²) in [6.07, 6.45) is 0.792. The Kier molecular flexibility index (Phi) is 2.36. The molecule has 2 rings (SSSR count). The van der Waals surface area contributed by atoms with Crippen LogP contribution in [0.1, 0.15) is 11.5 Å². The van der Waals surface area contributed by atoms with Crippen molar-refractivity contribution in [1.82, 2.24) is 19.4 Å². The van der Waals surface area contributed by atoms with Gasteiger partial charge in [-0.3, -0.25) is 0 Å². The molecule has 6 nitrogen and oxygen atoms in total.